The van der Waals surface area contributed by atoms with Crippen molar-refractivity contribution in [2.45, 2.75) is 19.6 Å². The van der Waals surface area contributed by atoms with Gasteiger partial charge in [-0.2, -0.15) is 0 Å². The summed E-state index contributed by atoms with van der Waals surface area (Å²) in [5, 5.41) is 3.57. The molecule has 30 heavy (non-hydrogen) atoms. The SMILES string of the molecule is COc1cccc(C[NH2+]CCc2c[nH]c3ccccc23)c1OCc1ccc(F)cc1. The number of fused-ring (bicyclic) bond motifs is 1. The van der Waals surface area contributed by atoms with Crippen molar-refractivity contribution in [1.82, 2.24) is 4.98 Å². The predicted octanol–water partition coefficient (Wildman–Crippen LogP) is 4.20. The molecule has 5 heteroatoms. The summed E-state index contributed by atoms with van der Waals surface area (Å²) in [6.07, 6.45) is 3.08. The van der Waals surface area contributed by atoms with E-state index in [-0.39, 0.29) is 5.82 Å². The van der Waals surface area contributed by atoms with Crippen LogP contribution in [-0.4, -0.2) is 18.6 Å². The largest absolute Gasteiger partial charge is 0.493 e. The summed E-state index contributed by atoms with van der Waals surface area (Å²) in [7, 11) is 1.64. The third-order valence-corrected chi connectivity index (χ3v) is 5.23. The number of methoxy groups -OCH3 is 1. The van der Waals surface area contributed by atoms with E-state index in [1.807, 2.05) is 18.2 Å². The predicted molar refractivity (Wildman–Crippen MR) is 116 cm³/mol. The first kappa shape index (κ1) is 20.0. The van der Waals surface area contributed by atoms with E-state index in [4.69, 9.17) is 9.47 Å². The lowest BCUT2D eigenvalue weighted by Gasteiger charge is -2.14. The van der Waals surface area contributed by atoms with Crippen molar-refractivity contribution >= 4 is 10.9 Å². The maximum Gasteiger partial charge on any atom is 0.170 e. The fourth-order valence-electron chi connectivity index (χ4n) is 3.64. The van der Waals surface area contributed by atoms with E-state index < -0.39 is 0 Å². The molecule has 0 atom stereocenters. The van der Waals surface area contributed by atoms with Crippen LogP contribution in [0.5, 0.6) is 11.5 Å². The minimum absolute atomic E-state index is 0.249. The number of aromatic nitrogens is 1. The van der Waals surface area contributed by atoms with Crippen molar-refractivity contribution in [3.05, 3.63) is 95.4 Å². The summed E-state index contributed by atoms with van der Waals surface area (Å²) in [6.45, 7) is 2.12. The fraction of sp³-hybridized carbons (Fsp3) is 0.200. The van der Waals surface area contributed by atoms with E-state index in [1.54, 1.807) is 19.2 Å². The average Bonchev–Trinajstić information content (AvgIpc) is 3.19. The van der Waals surface area contributed by atoms with Gasteiger partial charge in [0, 0.05) is 23.5 Å². The lowest BCUT2D eigenvalue weighted by molar-refractivity contribution is -0.670. The molecule has 0 fully saturated rings. The zero-order chi connectivity index (χ0) is 20.8. The molecule has 3 N–H and O–H groups in total. The highest BCUT2D eigenvalue weighted by Crippen LogP contribution is 2.31. The lowest BCUT2D eigenvalue weighted by Crippen LogP contribution is -2.83. The zero-order valence-electron chi connectivity index (χ0n) is 17.0. The maximum atomic E-state index is 13.1. The molecule has 0 bridgehead atoms. The summed E-state index contributed by atoms with van der Waals surface area (Å²) in [6, 6.07) is 20.7. The molecule has 0 unspecified atom stereocenters. The van der Waals surface area contributed by atoms with Gasteiger partial charge in [-0.3, -0.25) is 0 Å². The van der Waals surface area contributed by atoms with E-state index >= 15 is 0 Å². The molecule has 0 aliphatic rings. The number of nitrogens with two attached hydrogens (primary N) is 1. The first-order valence-corrected chi connectivity index (χ1v) is 10.1. The Hall–Kier alpha value is -3.31. The van der Waals surface area contributed by atoms with Crippen molar-refractivity contribution in [1.29, 1.82) is 0 Å². The number of quaternary nitrogens is 1. The molecule has 0 saturated heterocycles. The van der Waals surface area contributed by atoms with Crippen LogP contribution in [0, 0.1) is 5.82 Å². The van der Waals surface area contributed by atoms with Gasteiger partial charge in [0.25, 0.3) is 0 Å². The number of hydrogen-bond donors (Lipinski definition) is 2. The van der Waals surface area contributed by atoms with Crippen LogP contribution in [0.25, 0.3) is 10.9 Å². The van der Waals surface area contributed by atoms with Crippen LogP contribution in [0.15, 0.2) is 72.9 Å². The molecule has 0 radical (unpaired) electrons. The summed E-state index contributed by atoms with van der Waals surface area (Å²) in [4.78, 5) is 3.33. The second-order valence-electron chi connectivity index (χ2n) is 7.25. The Morgan fingerprint density at radius 2 is 1.77 bits per heavy atom. The van der Waals surface area contributed by atoms with E-state index in [2.05, 4.69) is 40.8 Å². The van der Waals surface area contributed by atoms with Gasteiger partial charge in [-0.05, 0) is 41.5 Å². The molecule has 0 amide bonds. The fourth-order valence-corrected chi connectivity index (χ4v) is 3.64. The molecule has 1 heterocycles. The number of ether oxygens (including phenoxy) is 2. The Balaban J connectivity index is 1.38. The molecule has 4 aromatic rings. The van der Waals surface area contributed by atoms with Crippen LogP contribution in [0.2, 0.25) is 0 Å². The highest BCUT2D eigenvalue weighted by molar-refractivity contribution is 5.83. The number of aromatic amines is 1. The second-order valence-corrected chi connectivity index (χ2v) is 7.25. The molecule has 154 valence electrons. The van der Waals surface area contributed by atoms with Gasteiger partial charge >= 0.3 is 0 Å². The number of rotatable bonds is 9. The first-order valence-electron chi connectivity index (χ1n) is 10.1. The number of halogens is 1. The minimum Gasteiger partial charge on any atom is -0.493 e. The molecular weight excluding hydrogens is 379 g/mol. The highest BCUT2D eigenvalue weighted by atomic mass is 19.1. The second kappa shape index (κ2) is 9.46. The summed E-state index contributed by atoms with van der Waals surface area (Å²) >= 11 is 0. The Morgan fingerprint density at radius 3 is 2.60 bits per heavy atom. The summed E-state index contributed by atoms with van der Waals surface area (Å²) < 4.78 is 24.7. The van der Waals surface area contributed by atoms with E-state index in [1.165, 1.54) is 28.6 Å². The minimum atomic E-state index is -0.249. The van der Waals surface area contributed by atoms with Crippen molar-refractivity contribution in [3.63, 3.8) is 0 Å². The van der Waals surface area contributed by atoms with Crippen LogP contribution >= 0.6 is 0 Å². The molecule has 4 nitrogen and oxygen atoms in total. The number of H-pyrrole nitrogens is 1. The Kier molecular flexibility index (Phi) is 6.30. The third kappa shape index (κ3) is 4.63. The molecule has 4 rings (SSSR count). The van der Waals surface area contributed by atoms with Crippen molar-refractivity contribution < 1.29 is 19.2 Å². The monoisotopic (exact) mass is 405 g/mol. The van der Waals surface area contributed by atoms with Gasteiger partial charge < -0.3 is 19.8 Å². The number of nitrogens with one attached hydrogen (secondary N) is 1. The van der Waals surface area contributed by atoms with Crippen LogP contribution in [0.3, 0.4) is 0 Å². The number of benzene rings is 3. The smallest absolute Gasteiger partial charge is 0.170 e. The normalized spacial score (nSPS) is 11.0. The lowest BCUT2D eigenvalue weighted by atomic mass is 10.1. The van der Waals surface area contributed by atoms with E-state index in [0.717, 1.165) is 36.4 Å². The van der Waals surface area contributed by atoms with Crippen LogP contribution < -0.4 is 14.8 Å². The molecule has 3 aromatic carbocycles. The third-order valence-electron chi connectivity index (χ3n) is 5.23. The maximum absolute atomic E-state index is 13.1. The van der Waals surface area contributed by atoms with Crippen LogP contribution in [0.4, 0.5) is 4.39 Å². The summed E-state index contributed by atoms with van der Waals surface area (Å²) in [5.41, 5.74) is 4.50. The number of hydrogen-bond acceptors (Lipinski definition) is 2. The van der Waals surface area contributed by atoms with Crippen molar-refractivity contribution in [2.24, 2.45) is 0 Å². The van der Waals surface area contributed by atoms with Gasteiger partial charge in [-0.25, -0.2) is 4.39 Å². The van der Waals surface area contributed by atoms with Crippen molar-refractivity contribution in [3.8, 4) is 11.5 Å². The number of para-hydroxylation sites is 2. The van der Waals surface area contributed by atoms with Gasteiger partial charge in [0.05, 0.1) is 19.2 Å². The van der Waals surface area contributed by atoms with Crippen molar-refractivity contribution in [2.75, 3.05) is 13.7 Å². The van der Waals surface area contributed by atoms with Gasteiger partial charge in [0.15, 0.2) is 11.5 Å². The van der Waals surface area contributed by atoms with Gasteiger partial charge in [0.2, 0.25) is 0 Å². The zero-order valence-corrected chi connectivity index (χ0v) is 17.0. The Morgan fingerprint density at radius 1 is 0.933 bits per heavy atom. The van der Waals surface area contributed by atoms with E-state index in [9.17, 15) is 4.39 Å². The van der Waals surface area contributed by atoms with E-state index in [0.29, 0.717) is 12.4 Å². The standard InChI is InChI=1S/C25H25FN2O2/c1-29-24-8-4-5-20(25(24)30-17-18-9-11-21(26)12-10-18)15-27-14-13-19-16-28-23-7-3-2-6-22(19)23/h2-12,16,27-28H,13-15,17H2,1H3/p+1. The molecule has 0 aliphatic carbocycles. The van der Waals surface area contributed by atoms with Gasteiger partial charge in [-0.15, -0.1) is 0 Å². The Labute approximate surface area is 175 Å². The van der Waals surface area contributed by atoms with Crippen LogP contribution in [-0.2, 0) is 19.6 Å². The molecule has 1 aromatic heterocycles. The molecular formula is C25H26FN2O2+. The first-order chi connectivity index (χ1) is 14.7. The summed E-state index contributed by atoms with van der Waals surface area (Å²) in [5.74, 6) is 1.20. The topological polar surface area (TPSA) is 50.9 Å². The average molecular weight is 405 g/mol. The molecule has 0 aliphatic heterocycles. The van der Waals surface area contributed by atoms with Gasteiger partial charge in [-0.1, -0.05) is 36.4 Å². The van der Waals surface area contributed by atoms with Crippen LogP contribution in [0.1, 0.15) is 16.7 Å². The van der Waals surface area contributed by atoms with Gasteiger partial charge in [0.1, 0.15) is 19.0 Å². The highest BCUT2D eigenvalue weighted by Gasteiger charge is 2.13. The Bertz CT molecular complexity index is 1110. The molecule has 0 saturated carbocycles. The quantitative estimate of drug-likeness (QED) is 0.410. The molecule has 0 spiro atoms.